The molecule has 2 saturated heterocycles. The van der Waals surface area contributed by atoms with E-state index in [1.165, 1.54) is 0 Å². The maximum Gasteiger partial charge on any atom is 0.230 e. The number of ether oxygens (including phenoxy) is 1. The molecule has 1 atom stereocenters. The summed E-state index contributed by atoms with van der Waals surface area (Å²) in [5, 5.41) is 6.41. The summed E-state index contributed by atoms with van der Waals surface area (Å²) < 4.78 is 5.55. The first-order chi connectivity index (χ1) is 13.3. The average Bonchev–Trinajstić information content (AvgIpc) is 3.28. The van der Waals surface area contributed by atoms with Crippen LogP contribution in [0.5, 0.6) is 0 Å². The summed E-state index contributed by atoms with van der Waals surface area (Å²) in [6.07, 6.45) is 5.67. The number of thiazole rings is 1. The van der Waals surface area contributed by atoms with Gasteiger partial charge in [-0.1, -0.05) is 30.3 Å². The number of carbonyl (C=O) groups excluding carboxylic acids is 1. The first-order valence-electron chi connectivity index (χ1n) is 9.84. The molecule has 1 unspecified atom stereocenters. The van der Waals surface area contributed by atoms with Crippen LogP contribution in [0.1, 0.15) is 31.2 Å². The van der Waals surface area contributed by atoms with E-state index in [-0.39, 0.29) is 5.91 Å². The Labute approximate surface area is 164 Å². The van der Waals surface area contributed by atoms with Gasteiger partial charge in [0, 0.05) is 44.4 Å². The van der Waals surface area contributed by atoms with Crippen LogP contribution in [0.25, 0.3) is 0 Å². The van der Waals surface area contributed by atoms with Crippen LogP contribution in [0.2, 0.25) is 0 Å². The molecule has 0 spiro atoms. The van der Waals surface area contributed by atoms with Crippen LogP contribution >= 0.6 is 11.3 Å². The van der Waals surface area contributed by atoms with Gasteiger partial charge in [0.25, 0.3) is 0 Å². The van der Waals surface area contributed by atoms with Crippen molar-refractivity contribution in [2.45, 2.75) is 31.1 Å². The Balaban J connectivity index is 1.41. The fourth-order valence-electron chi connectivity index (χ4n) is 4.31. The molecule has 2 aromatic rings. The van der Waals surface area contributed by atoms with Gasteiger partial charge in [0.2, 0.25) is 5.91 Å². The lowest BCUT2D eigenvalue weighted by Gasteiger charge is -2.37. The highest BCUT2D eigenvalue weighted by molar-refractivity contribution is 7.13. The number of rotatable bonds is 5. The van der Waals surface area contributed by atoms with Crippen molar-refractivity contribution in [3.63, 3.8) is 0 Å². The molecule has 2 aliphatic heterocycles. The zero-order valence-corrected chi connectivity index (χ0v) is 16.4. The minimum atomic E-state index is -0.455. The smallest absolute Gasteiger partial charge is 0.230 e. The van der Waals surface area contributed by atoms with Crippen molar-refractivity contribution in [1.82, 2.24) is 10.3 Å². The SMILES string of the molecule is O=C(NCC1CCCN(c2nccs2)C1)C1(c2ccccc2)CCOCC1. The zero-order chi connectivity index (χ0) is 18.5. The van der Waals surface area contributed by atoms with E-state index < -0.39 is 5.41 Å². The van der Waals surface area contributed by atoms with E-state index in [1.807, 2.05) is 29.8 Å². The Morgan fingerprint density at radius 1 is 1.30 bits per heavy atom. The van der Waals surface area contributed by atoms with E-state index in [9.17, 15) is 4.79 Å². The first-order valence-corrected chi connectivity index (χ1v) is 10.7. The molecule has 1 N–H and O–H groups in total. The van der Waals surface area contributed by atoms with Gasteiger partial charge in [-0.2, -0.15) is 0 Å². The number of hydrogen-bond donors (Lipinski definition) is 1. The molecule has 27 heavy (non-hydrogen) atoms. The summed E-state index contributed by atoms with van der Waals surface area (Å²) in [6.45, 7) is 4.04. The number of hydrogen-bond acceptors (Lipinski definition) is 5. The van der Waals surface area contributed by atoms with E-state index in [1.54, 1.807) is 11.3 Å². The summed E-state index contributed by atoms with van der Waals surface area (Å²) in [7, 11) is 0. The molecule has 144 valence electrons. The number of aromatic nitrogens is 1. The molecule has 4 rings (SSSR count). The van der Waals surface area contributed by atoms with Crippen LogP contribution in [-0.4, -0.2) is 43.7 Å². The monoisotopic (exact) mass is 385 g/mol. The minimum Gasteiger partial charge on any atom is -0.381 e. The van der Waals surface area contributed by atoms with Gasteiger partial charge in [0.05, 0.1) is 5.41 Å². The standard InChI is InChI=1S/C21H27N3O2S/c25-19(21(8-12-26-13-9-21)18-6-2-1-3-7-18)23-15-17-5-4-11-24(16-17)20-22-10-14-27-20/h1-3,6-7,10,14,17H,4-5,8-9,11-13,15-16H2,(H,23,25). The highest BCUT2D eigenvalue weighted by Gasteiger charge is 2.41. The number of benzene rings is 1. The maximum absolute atomic E-state index is 13.3. The van der Waals surface area contributed by atoms with Gasteiger partial charge in [-0.25, -0.2) is 4.98 Å². The summed E-state index contributed by atoms with van der Waals surface area (Å²) in [4.78, 5) is 20.1. The van der Waals surface area contributed by atoms with E-state index >= 15 is 0 Å². The third-order valence-electron chi connectivity index (χ3n) is 5.87. The zero-order valence-electron chi connectivity index (χ0n) is 15.6. The number of piperidine rings is 1. The van der Waals surface area contributed by atoms with Crippen molar-refractivity contribution in [1.29, 1.82) is 0 Å². The van der Waals surface area contributed by atoms with Gasteiger partial charge in [0.1, 0.15) is 0 Å². The quantitative estimate of drug-likeness (QED) is 0.859. The molecular weight excluding hydrogens is 358 g/mol. The molecule has 1 aromatic carbocycles. The number of nitrogens with one attached hydrogen (secondary N) is 1. The molecule has 2 fully saturated rings. The largest absolute Gasteiger partial charge is 0.381 e. The molecule has 3 heterocycles. The van der Waals surface area contributed by atoms with Crippen LogP contribution in [0.3, 0.4) is 0 Å². The molecular formula is C21H27N3O2S. The molecule has 1 amide bonds. The first kappa shape index (κ1) is 18.4. The Morgan fingerprint density at radius 2 is 2.11 bits per heavy atom. The van der Waals surface area contributed by atoms with Gasteiger partial charge in [-0.15, -0.1) is 11.3 Å². The lowest BCUT2D eigenvalue weighted by molar-refractivity contribution is -0.130. The predicted molar refractivity (Wildman–Crippen MR) is 108 cm³/mol. The highest BCUT2D eigenvalue weighted by Crippen LogP contribution is 2.35. The van der Waals surface area contributed by atoms with Gasteiger partial charge < -0.3 is 15.0 Å². The maximum atomic E-state index is 13.3. The van der Waals surface area contributed by atoms with Crippen LogP contribution in [0.4, 0.5) is 5.13 Å². The van der Waals surface area contributed by atoms with Gasteiger partial charge in [-0.05, 0) is 37.2 Å². The molecule has 0 bridgehead atoms. The molecule has 0 radical (unpaired) electrons. The summed E-state index contributed by atoms with van der Waals surface area (Å²) in [5.41, 5.74) is 0.655. The third-order valence-corrected chi connectivity index (χ3v) is 6.70. The van der Waals surface area contributed by atoms with Gasteiger partial charge >= 0.3 is 0 Å². The average molecular weight is 386 g/mol. The van der Waals surface area contributed by atoms with Crippen molar-refractivity contribution in [3.05, 3.63) is 47.5 Å². The van der Waals surface area contributed by atoms with Crippen LogP contribution in [-0.2, 0) is 14.9 Å². The fraction of sp³-hybridized carbons (Fsp3) is 0.524. The highest BCUT2D eigenvalue weighted by atomic mass is 32.1. The molecule has 1 aromatic heterocycles. The van der Waals surface area contributed by atoms with Crippen molar-refractivity contribution in [2.75, 3.05) is 37.7 Å². The Hall–Kier alpha value is -1.92. The molecule has 6 heteroatoms. The van der Waals surface area contributed by atoms with Crippen molar-refractivity contribution >= 4 is 22.4 Å². The van der Waals surface area contributed by atoms with Crippen molar-refractivity contribution < 1.29 is 9.53 Å². The van der Waals surface area contributed by atoms with E-state index in [0.29, 0.717) is 19.1 Å². The summed E-state index contributed by atoms with van der Waals surface area (Å²) >= 11 is 1.69. The second kappa shape index (κ2) is 8.40. The molecule has 0 saturated carbocycles. The van der Waals surface area contributed by atoms with Crippen LogP contribution in [0, 0.1) is 5.92 Å². The summed E-state index contributed by atoms with van der Waals surface area (Å²) in [6, 6.07) is 10.2. The number of amides is 1. The lowest BCUT2D eigenvalue weighted by atomic mass is 9.73. The Bertz CT molecular complexity index is 729. The normalized spacial score (nSPS) is 22.4. The number of carbonyl (C=O) groups is 1. The van der Waals surface area contributed by atoms with E-state index in [0.717, 1.165) is 56.0 Å². The second-order valence-corrected chi connectivity index (χ2v) is 8.41. The lowest BCUT2D eigenvalue weighted by Crippen LogP contribution is -2.50. The van der Waals surface area contributed by atoms with E-state index in [2.05, 4.69) is 27.3 Å². The predicted octanol–water partition coefficient (Wildman–Crippen LogP) is 3.22. The van der Waals surface area contributed by atoms with Gasteiger partial charge in [-0.3, -0.25) is 4.79 Å². The molecule has 2 aliphatic rings. The molecule has 0 aliphatic carbocycles. The second-order valence-electron chi connectivity index (χ2n) is 7.54. The number of anilines is 1. The third kappa shape index (κ3) is 4.01. The van der Waals surface area contributed by atoms with Crippen molar-refractivity contribution in [2.24, 2.45) is 5.92 Å². The van der Waals surface area contributed by atoms with Gasteiger partial charge in [0.15, 0.2) is 5.13 Å². The summed E-state index contributed by atoms with van der Waals surface area (Å²) in [5.74, 6) is 0.627. The Morgan fingerprint density at radius 3 is 2.85 bits per heavy atom. The van der Waals surface area contributed by atoms with Crippen molar-refractivity contribution in [3.8, 4) is 0 Å². The van der Waals surface area contributed by atoms with E-state index in [4.69, 9.17) is 4.74 Å². The van der Waals surface area contributed by atoms with Crippen LogP contribution in [0.15, 0.2) is 41.9 Å². The Kier molecular flexibility index (Phi) is 5.74. The molecule has 5 nitrogen and oxygen atoms in total. The van der Waals surface area contributed by atoms with Crippen LogP contribution < -0.4 is 10.2 Å². The topological polar surface area (TPSA) is 54.5 Å². The fourth-order valence-corrected chi connectivity index (χ4v) is 4.99. The number of nitrogens with zero attached hydrogens (tertiary/aromatic N) is 2. The minimum absolute atomic E-state index is 0.156.